The number of carbonyl (C=O) groups is 1. The highest BCUT2D eigenvalue weighted by Gasteiger charge is 2.31. The Hall–Kier alpha value is -2.76. The Labute approximate surface area is 174 Å². The summed E-state index contributed by atoms with van der Waals surface area (Å²) in [5.41, 5.74) is 2.60. The number of rotatable bonds is 3. The molecule has 0 amide bonds. The first-order chi connectivity index (χ1) is 14.3. The van der Waals surface area contributed by atoms with E-state index in [4.69, 9.17) is 4.74 Å². The molecule has 1 saturated heterocycles. The molecule has 0 N–H and O–H groups in total. The van der Waals surface area contributed by atoms with Gasteiger partial charge in [-0.2, -0.15) is 13.2 Å². The summed E-state index contributed by atoms with van der Waals surface area (Å²) in [6.07, 6.45) is -0.219. The van der Waals surface area contributed by atoms with Crippen molar-refractivity contribution in [2.24, 2.45) is 5.92 Å². The number of methoxy groups -OCH3 is 1. The zero-order valence-corrected chi connectivity index (χ0v) is 17.1. The molecule has 158 valence electrons. The van der Waals surface area contributed by atoms with Gasteiger partial charge in [-0.3, -0.25) is 4.79 Å². The van der Waals surface area contributed by atoms with Gasteiger partial charge in [0, 0.05) is 30.6 Å². The molecule has 1 aliphatic carbocycles. The Kier molecular flexibility index (Phi) is 5.35. The lowest BCUT2D eigenvalue weighted by Gasteiger charge is -2.33. The number of hydrogen-bond acceptors (Lipinski definition) is 3. The fourth-order valence-corrected chi connectivity index (χ4v) is 4.21. The van der Waals surface area contributed by atoms with Crippen LogP contribution in [-0.4, -0.2) is 26.0 Å². The molecule has 0 unspecified atom stereocenters. The van der Waals surface area contributed by atoms with E-state index in [0.29, 0.717) is 34.8 Å². The molecule has 30 heavy (non-hydrogen) atoms. The largest absolute Gasteiger partial charge is 0.495 e. The number of anilines is 1. The Bertz CT molecular complexity index is 1000. The highest BCUT2D eigenvalue weighted by molar-refractivity contribution is 6.16. The molecule has 2 aliphatic rings. The summed E-state index contributed by atoms with van der Waals surface area (Å²) in [4.78, 5) is 15.2. The van der Waals surface area contributed by atoms with Crippen molar-refractivity contribution in [1.82, 2.24) is 0 Å². The van der Waals surface area contributed by atoms with Crippen LogP contribution in [0.3, 0.4) is 0 Å². The molecule has 3 nitrogen and oxygen atoms in total. The highest BCUT2D eigenvalue weighted by Crippen LogP contribution is 2.39. The Morgan fingerprint density at radius 1 is 1.13 bits per heavy atom. The van der Waals surface area contributed by atoms with Crippen molar-refractivity contribution in [1.29, 1.82) is 0 Å². The molecule has 0 atom stereocenters. The molecule has 0 aromatic heterocycles. The minimum atomic E-state index is -4.41. The molecule has 0 spiro atoms. The second-order valence-electron chi connectivity index (χ2n) is 8.15. The number of halogens is 3. The predicted molar refractivity (Wildman–Crippen MR) is 111 cm³/mol. The lowest BCUT2D eigenvalue weighted by molar-refractivity contribution is -0.137. The number of ketones is 1. The summed E-state index contributed by atoms with van der Waals surface area (Å²) >= 11 is 0. The maximum absolute atomic E-state index is 13.0. The first-order valence-electron chi connectivity index (χ1n) is 10.1. The van der Waals surface area contributed by atoms with Crippen LogP contribution < -0.4 is 9.64 Å². The normalized spacial score (nSPS) is 18.8. The van der Waals surface area contributed by atoms with E-state index in [-0.39, 0.29) is 5.78 Å². The third kappa shape index (κ3) is 3.95. The maximum Gasteiger partial charge on any atom is 0.416 e. The topological polar surface area (TPSA) is 29.5 Å². The second kappa shape index (κ2) is 7.82. The van der Waals surface area contributed by atoms with Gasteiger partial charge in [0.05, 0.1) is 18.4 Å². The average molecular weight is 415 g/mol. The summed E-state index contributed by atoms with van der Waals surface area (Å²) < 4.78 is 44.6. The molecule has 0 radical (unpaired) electrons. The van der Waals surface area contributed by atoms with Gasteiger partial charge in [-0.15, -0.1) is 0 Å². The van der Waals surface area contributed by atoms with Crippen molar-refractivity contribution in [3.63, 3.8) is 0 Å². The number of ether oxygens (including phenoxy) is 1. The third-order valence-corrected chi connectivity index (χ3v) is 6.00. The van der Waals surface area contributed by atoms with E-state index in [9.17, 15) is 18.0 Å². The van der Waals surface area contributed by atoms with Crippen molar-refractivity contribution in [2.45, 2.75) is 32.4 Å². The van der Waals surface area contributed by atoms with Crippen molar-refractivity contribution in [3.05, 3.63) is 64.2 Å². The van der Waals surface area contributed by atoms with Crippen LogP contribution in [0.1, 0.15) is 46.8 Å². The van der Waals surface area contributed by atoms with Gasteiger partial charge in [0.2, 0.25) is 0 Å². The highest BCUT2D eigenvalue weighted by atomic mass is 19.4. The van der Waals surface area contributed by atoms with E-state index in [1.165, 1.54) is 6.07 Å². The maximum atomic E-state index is 13.0. The Balaban J connectivity index is 1.65. The van der Waals surface area contributed by atoms with Gasteiger partial charge in [-0.25, -0.2) is 0 Å². The summed E-state index contributed by atoms with van der Waals surface area (Å²) in [5.74, 6) is 1.21. The number of allylic oxidation sites excluding steroid dienone is 1. The van der Waals surface area contributed by atoms with Gasteiger partial charge in [0.15, 0.2) is 5.78 Å². The quantitative estimate of drug-likeness (QED) is 0.596. The smallest absolute Gasteiger partial charge is 0.416 e. The van der Waals surface area contributed by atoms with Gasteiger partial charge < -0.3 is 9.64 Å². The zero-order chi connectivity index (χ0) is 21.5. The number of benzene rings is 2. The molecular formula is C24H24F3NO2. The lowest BCUT2D eigenvalue weighted by atomic mass is 9.98. The molecule has 0 saturated carbocycles. The zero-order valence-electron chi connectivity index (χ0n) is 17.1. The van der Waals surface area contributed by atoms with Crippen LogP contribution in [0.15, 0.2) is 42.0 Å². The molecule has 0 bridgehead atoms. The van der Waals surface area contributed by atoms with Crippen LogP contribution in [-0.2, 0) is 12.6 Å². The van der Waals surface area contributed by atoms with Crippen LogP contribution in [0.2, 0.25) is 0 Å². The van der Waals surface area contributed by atoms with Crippen LogP contribution in [0.5, 0.6) is 5.75 Å². The van der Waals surface area contributed by atoms with Gasteiger partial charge in [-0.1, -0.05) is 19.1 Å². The van der Waals surface area contributed by atoms with Crippen molar-refractivity contribution < 1.29 is 22.7 Å². The Morgan fingerprint density at radius 2 is 1.87 bits per heavy atom. The van der Waals surface area contributed by atoms with E-state index >= 15 is 0 Å². The van der Waals surface area contributed by atoms with Crippen molar-refractivity contribution in [2.75, 3.05) is 25.1 Å². The summed E-state index contributed by atoms with van der Waals surface area (Å²) in [5, 5.41) is 0. The first kappa shape index (κ1) is 20.5. The van der Waals surface area contributed by atoms with E-state index in [1.54, 1.807) is 25.3 Å². The van der Waals surface area contributed by atoms with Crippen molar-refractivity contribution >= 4 is 17.5 Å². The number of nitrogens with zero attached hydrogens (tertiary/aromatic N) is 1. The third-order valence-electron chi connectivity index (χ3n) is 6.00. The van der Waals surface area contributed by atoms with Crippen LogP contribution >= 0.6 is 0 Å². The van der Waals surface area contributed by atoms with E-state index in [0.717, 1.165) is 49.3 Å². The minimum absolute atomic E-state index is 0.153. The second-order valence-corrected chi connectivity index (χ2v) is 8.15. The Morgan fingerprint density at radius 3 is 2.53 bits per heavy atom. The molecule has 2 aromatic carbocycles. The predicted octanol–water partition coefficient (Wildman–Crippen LogP) is 5.77. The number of fused-ring (bicyclic) bond motifs is 1. The summed E-state index contributed by atoms with van der Waals surface area (Å²) in [7, 11) is 1.59. The SMILES string of the molecule is COc1cc2c(cc1N1CCC(C)CC1)C/C(=C\c1cccc(C(F)(F)F)c1)C2=O. The van der Waals surface area contributed by atoms with E-state index in [1.807, 2.05) is 6.07 Å². The van der Waals surface area contributed by atoms with Gasteiger partial charge >= 0.3 is 6.18 Å². The average Bonchev–Trinajstić information content (AvgIpc) is 3.02. The van der Waals surface area contributed by atoms with Crippen LogP contribution in [0.25, 0.3) is 6.08 Å². The van der Waals surface area contributed by atoms with E-state index in [2.05, 4.69) is 11.8 Å². The number of Topliss-reactive ketones (excluding diaryl/α,β-unsaturated/α-hetero) is 1. The first-order valence-corrected chi connectivity index (χ1v) is 10.1. The lowest BCUT2D eigenvalue weighted by Crippen LogP contribution is -2.33. The fourth-order valence-electron chi connectivity index (χ4n) is 4.21. The molecule has 2 aromatic rings. The molecule has 6 heteroatoms. The number of hydrogen-bond donors (Lipinski definition) is 0. The molecule has 1 aliphatic heterocycles. The summed E-state index contributed by atoms with van der Waals surface area (Å²) in [6.45, 7) is 4.13. The molecule has 1 heterocycles. The molecule has 4 rings (SSSR count). The standard InChI is InChI=1S/C24H24F3NO2/c1-15-6-8-28(9-7-15)21-13-17-12-18(23(29)20(17)14-22(21)30-2)10-16-4-3-5-19(11-16)24(25,26)27/h3-5,10-11,13-15H,6-9,12H2,1-2H3/b18-10+. The minimum Gasteiger partial charge on any atom is -0.495 e. The molecular weight excluding hydrogens is 391 g/mol. The monoisotopic (exact) mass is 415 g/mol. The fraction of sp³-hybridized carbons (Fsp3) is 0.375. The van der Waals surface area contributed by atoms with Crippen LogP contribution in [0.4, 0.5) is 18.9 Å². The van der Waals surface area contributed by atoms with Gasteiger partial charge in [0.1, 0.15) is 5.75 Å². The van der Waals surface area contributed by atoms with E-state index < -0.39 is 11.7 Å². The van der Waals surface area contributed by atoms with Crippen LogP contribution in [0, 0.1) is 5.92 Å². The summed E-state index contributed by atoms with van der Waals surface area (Å²) in [6, 6.07) is 8.83. The number of piperidine rings is 1. The molecule has 1 fully saturated rings. The van der Waals surface area contributed by atoms with Gasteiger partial charge in [0.25, 0.3) is 0 Å². The van der Waals surface area contributed by atoms with Crippen molar-refractivity contribution in [3.8, 4) is 5.75 Å². The number of carbonyl (C=O) groups excluding carboxylic acids is 1. The number of alkyl halides is 3. The van der Waals surface area contributed by atoms with Gasteiger partial charge in [-0.05, 0) is 60.2 Å².